The van der Waals surface area contributed by atoms with Crippen LogP contribution in [0.25, 0.3) is 0 Å². The quantitative estimate of drug-likeness (QED) is 0.329. The summed E-state index contributed by atoms with van der Waals surface area (Å²) in [4.78, 5) is 92.8. The van der Waals surface area contributed by atoms with Gasteiger partial charge in [-0.2, -0.15) is 0 Å². The molecule has 13 nitrogen and oxygen atoms in total. The van der Waals surface area contributed by atoms with Crippen molar-refractivity contribution in [2.24, 2.45) is 0 Å². The van der Waals surface area contributed by atoms with Crippen LogP contribution in [0.3, 0.4) is 0 Å². The molecule has 0 radical (unpaired) electrons. The number of imide groups is 2. The van der Waals surface area contributed by atoms with E-state index in [2.05, 4.69) is 10.3 Å². The highest BCUT2D eigenvalue weighted by atomic mass is 35.5. The van der Waals surface area contributed by atoms with Crippen LogP contribution < -0.4 is 5.32 Å². The van der Waals surface area contributed by atoms with Gasteiger partial charge in [0.15, 0.2) is 0 Å². The molecule has 0 unspecified atom stereocenters. The zero-order chi connectivity index (χ0) is 29.3. The molecule has 3 heterocycles. The zero-order valence-corrected chi connectivity index (χ0v) is 22.7. The standard InChI is InChI=1S/C28H23N5O8.ClH/c34-22(9-11-32-24(36)17-5-1-2-6-18(17)25(32)37)30-21(28(40)41)13-16-14-31(15-29-16)23(35)10-12-33-26(38)19-7-3-4-8-20(19)27(33)39;/h1-8,14-15,21H,9-13H2,(H,30,34)(H,40,41);1H/t21-;/m0./s1. The van der Waals surface area contributed by atoms with Gasteiger partial charge in [-0.05, 0) is 24.3 Å². The number of benzene rings is 2. The molecule has 1 aromatic heterocycles. The first kappa shape index (κ1) is 29.8. The minimum Gasteiger partial charge on any atom is -0.480 e. The molecule has 0 saturated carbocycles. The van der Waals surface area contributed by atoms with Gasteiger partial charge in [0, 0.05) is 38.5 Å². The van der Waals surface area contributed by atoms with Crippen molar-refractivity contribution in [3.05, 3.63) is 89.0 Å². The van der Waals surface area contributed by atoms with Crippen LogP contribution in [0.2, 0.25) is 0 Å². The summed E-state index contributed by atoms with van der Waals surface area (Å²) in [6, 6.07) is 11.3. The van der Waals surface area contributed by atoms with Crippen molar-refractivity contribution in [3.8, 4) is 0 Å². The third kappa shape index (κ3) is 5.67. The molecule has 5 rings (SSSR count). The minimum atomic E-state index is -1.39. The van der Waals surface area contributed by atoms with E-state index < -0.39 is 47.5 Å². The van der Waals surface area contributed by atoms with Gasteiger partial charge in [-0.15, -0.1) is 12.4 Å². The number of carboxylic acid groups (broad SMARTS) is 1. The van der Waals surface area contributed by atoms with Gasteiger partial charge in [-0.25, -0.2) is 9.78 Å². The van der Waals surface area contributed by atoms with Gasteiger partial charge in [0.05, 0.1) is 27.9 Å². The summed E-state index contributed by atoms with van der Waals surface area (Å²) in [6.07, 6.45) is 1.76. The number of fused-ring (bicyclic) bond motifs is 2. The second kappa shape index (κ2) is 12.1. The van der Waals surface area contributed by atoms with E-state index in [0.717, 1.165) is 14.4 Å². The molecular formula is C28H24ClN5O8. The number of imidazole rings is 1. The van der Waals surface area contributed by atoms with Crippen molar-refractivity contribution in [2.75, 3.05) is 13.1 Å². The summed E-state index contributed by atoms with van der Waals surface area (Å²) in [6.45, 7) is -0.361. The number of carbonyl (C=O) groups is 7. The molecule has 14 heteroatoms. The number of nitrogens with one attached hydrogen (secondary N) is 1. The van der Waals surface area contributed by atoms with Crippen LogP contribution in [-0.2, 0) is 16.0 Å². The number of aliphatic carboxylic acids is 1. The number of nitrogens with zero attached hydrogens (tertiary/aromatic N) is 4. The van der Waals surface area contributed by atoms with Crippen LogP contribution in [0.15, 0.2) is 61.1 Å². The normalized spacial score (nSPS) is 14.4. The van der Waals surface area contributed by atoms with Gasteiger partial charge < -0.3 is 10.4 Å². The Morgan fingerprint density at radius 2 is 1.21 bits per heavy atom. The largest absolute Gasteiger partial charge is 0.480 e. The van der Waals surface area contributed by atoms with E-state index >= 15 is 0 Å². The molecule has 2 aliphatic heterocycles. The maximum absolute atomic E-state index is 12.7. The maximum atomic E-state index is 12.7. The molecule has 0 saturated heterocycles. The Hall–Kier alpha value is -5.17. The number of amides is 5. The van der Waals surface area contributed by atoms with E-state index in [-0.39, 0.29) is 72.7 Å². The lowest BCUT2D eigenvalue weighted by Crippen LogP contribution is -2.43. The predicted molar refractivity (Wildman–Crippen MR) is 146 cm³/mol. The van der Waals surface area contributed by atoms with E-state index in [0.29, 0.717) is 0 Å². The fourth-order valence-electron chi connectivity index (χ4n) is 4.72. The molecule has 5 amide bonds. The number of hydrogen-bond acceptors (Lipinski definition) is 8. The van der Waals surface area contributed by atoms with Gasteiger partial charge in [0.2, 0.25) is 11.8 Å². The van der Waals surface area contributed by atoms with E-state index in [1.54, 1.807) is 36.4 Å². The van der Waals surface area contributed by atoms with E-state index in [1.807, 2.05) is 0 Å². The SMILES string of the molecule is Cl.O=C(CCN1C(=O)c2ccccc2C1=O)N[C@@H](Cc1cn(C(=O)CCN2C(=O)c3ccccc3C2=O)cn1)C(=O)O. The number of carboxylic acids is 1. The fraction of sp³-hybridized carbons (Fsp3) is 0.214. The number of carbonyl (C=O) groups excluding carboxylic acids is 6. The minimum absolute atomic E-state index is 0. The predicted octanol–water partition coefficient (Wildman–Crippen LogP) is 1.43. The van der Waals surface area contributed by atoms with Crippen molar-refractivity contribution in [3.63, 3.8) is 0 Å². The first-order chi connectivity index (χ1) is 19.7. The lowest BCUT2D eigenvalue weighted by molar-refractivity contribution is -0.141. The monoisotopic (exact) mass is 593 g/mol. The summed E-state index contributed by atoms with van der Waals surface area (Å²) in [5, 5.41) is 12.0. The highest BCUT2D eigenvalue weighted by molar-refractivity contribution is 6.22. The number of rotatable bonds is 10. The summed E-state index contributed by atoms with van der Waals surface area (Å²) in [7, 11) is 0. The van der Waals surface area contributed by atoms with Crippen molar-refractivity contribution in [2.45, 2.75) is 25.3 Å². The summed E-state index contributed by atoms with van der Waals surface area (Å²) < 4.78 is 1.12. The van der Waals surface area contributed by atoms with E-state index in [1.165, 1.54) is 24.7 Å². The molecule has 216 valence electrons. The lowest BCUT2D eigenvalue weighted by Gasteiger charge is -2.16. The Bertz CT molecular complexity index is 1560. The van der Waals surface area contributed by atoms with Crippen molar-refractivity contribution < 1.29 is 38.7 Å². The molecule has 2 aromatic carbocycles. The van der Waals surface area contributed by atoms with Crippen LogP contribution in [0.4, 0.5) is 0 Å². The molecule has 0 bridgehead atoms. The highest BCUT2D eigenvalue weighted by Crippen LogP contribution is 2.23. The summed E-state index contributed by atoms with van der Waals surface area (Å²) >= 11 is 0. The van der Waals surface area contributed by atoms with Crippen molar-refractivity contribution in [1.29, 1.82) is 0 Å². The summed E-state index contributed by atoms with van der Waals surface area (Å²) in [5.74, 6) is -4.51. The van der Waals surface area contributed by atoms with Crippen LogP contribution in [0.5, 0.6) is 0 Å². The smallest absolute Gasteiger partial charge is 0.326 e. The molecule has 0 fully saturated rings. The second-order valence-electron chi connectivity index (χ2n) is 9.44. The average molecular weight is 594 g/mol. The molecule has 0 spiro atoms. The van der Waals surface area contributed by atoms with Gasteiger partial charge in [0.25, 0.3) is 23.6 Å². The molecular weight excluding hydrogens is 570 g/mol. The van der Waals surface area contributed by atoms with Crippen LogP contribution in [0, 0.1) is 0 Å². The van der Waals surface area contributed by atoms with Gasteiger partial charge >= 0.3 is 5.97 Å². The Balaban J connectivity index is 0.00000405. The molecule has 2 aliphatic rings. The first-order valence-corrected chi connectivity index (χ1v) is 12.6. The lowest BCUT2D eigenvalue weighted by atomic mass is 10.1. The van der Waals surface area contributed by atoms with Crippen molar-refractivity contribution >= 4 is 53.8 Å². The Morgan fingerprint density at radius 1 is 0.762 bits per heavy atom. The summed E-state index contributed by atoms with van der Waals surface area (Å²) in [5.41, 5.74) is 1.25. The van der Waals surface area contributed by atoms with Gasteiger partial charge in [0.1, 0.15) is 12.4 Å². The Kier molecular flexibility index (Phi) is 8.62. The topological polar surface area (TPSA) is 176 Å². The van der Waals surface area contributed by atoms with Crippen LogP contribution in [0.1, 0.15) is 64.8 Å². The molecule has 42 heavy (non-hydrogen) atoms. The number of hydrogen-bond donors (Lipinski definition) is 2. The molecule has 3 aromatic rings. The zero-order valence-electron chi connectivity index (χ0n) is 21.9. The van der Waals surface area contributed by atoms with E-state index in [9.17, 15) is 38.7 Å². The van der Waals surface area contributed by atoms with Crippen molar-refractivity contribution in [1.82, 2.24) is 24.7 Å². The second-order valence-corrected chi connectivity index (χ2v) is 9.44. The average Bonchev–Trinajstić information content (AvgIpc) is 3.60. The number of aromatic nitrogens is 2. The van der Waals surface area contributed by atoms with E-state index in [4.69, 9.17) is 0 Å². The van der Waals surface area contributed by atoms with Crippen LogP contribution >= 0.6 is 12.4 Å². The third-order valence-electron chi connectivity index (χ3n) is 6.84. The number of halogens is 1. The molecule has 1 atom stereocenters. The molecule has 2 N–H and O–H groups in total. The fourth-order valence-corrected chi connectivity index (χ4v) is 4.72. The maximum Gasteiger partial charge on any atom is 0.326 e. The first-order valence-electron chi connectivity index (χ1n) is 12.6. The Morgan fingerprint density at radius 3 is 1.67 bits per heavy atom. The van der Waals surface area contributed by atoms with Gasteiger partial charge in [-0.3, -0.25) is 43.1 Å². The molecule has 0 aliphatic carbocycles. The van der Waals surface area contributed by atoms with Crippen LogP contribution in [-0.4, -0.2) is 85.0 Å². The Labute approximate surface area is 244 Å². The third-order valence-corrected chi connectivity index (χ3v) is 6.84. The highest BCUT2D eigenvalue weighted by Gasteiger charge is 2.36. The van der Waals surface area contributed by atoms with Gasteiger partial charge in [-0.1, -0.05) is 24.3 Å².